The first-order valence-electron chi connectivity index (χ1n) is 9.20. The van der Waals surface area contributed by atoms with Gasteiger partial charge in [0.25, 0.3) is 0 Å². The Morgan fingerprint density at radius 2 is 1.96 bits per heavy atom. The van der Waals surface area contributed by atoms with Crippen LogP contribution in [-0.2, 0) is 7.05 Å². The second kappa shape index (κ2) is 6.64. The van der Waals surface area contributed by atoms with Crippen molar-refractivity contribution in [3.05, 3.63) is 30.1 Å². The molecule has 1 aliphatic rings. The molecule has 3 aromatic heterocycles. The topological polar surface area (TPSA) is 94.5 Å². The standard InChI is InChI=1S/C19H25N7/c1-11(2)18-17-16(25-26(18)3)7-6-14(23-17)15-8-9-21-19(24-15)22-13-5-4-12(20)10-13/h6-9,11-13H,4-5,10,20H2,1-3H3,(H,21,22,24)/t12-,13-/m0/s1. The van der Waals surface area contributed by atoms with Gasteiger partial charge < -0.3 is 11.1 Å². The predicted molar refractivity (Wildman–Crippen MR) is 103 cm³/mol. The summed E-state index contributed by atoms with van der Waals surface area (Å²) in [7, 11) is 1.97. The van der Waals surface area contributed by atoms with Crippen LogP contribution in [0.15, 0.2) is 24.4 Å². The number of pyridine rings is 1. The molecule has 7 heteroatoms. The number of nitrogens with two attached hydrogens (primary N) is 1. The summed E-state index contributed by atoms with van der Waals surface area (Å²) in [5.74, 6) is 0.987. The first-order valence-corrected chi connectivity index (χ1v) is 9.20. The second-order valence-electron chi connectivity index (χ2n) is 7.41. The summed E-state index contributed by atoms with van der Waals surface area (Å²) in [5, 5.41) is 7.97. The third kappa shape index (κ3) is 3.14. The van der Waals surface area contributed by atoms with Gasteiger partial charge >= 0.3 is 0 Å². The maximum Gasteiger partial charge on any atom is 0.223 e. The van der Waals surface area contributed by atoms with E-state index in [1.165, 1.54) is 0 Å². The monoisotopic (exact) mass is 351 g/mol. The highest BCUT2D eigenvalue weighted by molar-refractivity contribution is 5.80. The van der Waals surface area contributed by atoms with Gasteiger partial charge in [0.1, 0.15) is 11.0 Å². The Balaban J connectivity index is 1.67. The number of hydrogen-bond acceptors (Lipinski definition) is 6. The Morgan fingerprint density at radius 3 is 2.69 bits per heavy atom. The van der Waals surface area contributed by atoms with Gasteiger partial charge in [-0.2, -0.15) is 5.10 Å². The number of hydrogen-bond donors (Lipinski definition) is 2. The van der Waals surface area contributed by atoms with E-state index in [-0.39, 0.29) is 6.04 Å². The molecule has 0 saturated heterocycles. The lowest BCUT2D eigenvalue weighted by Crippen LogP contribution is -2.21. The number of rotatable bonds is 4. The number of fused-ring (bicyclic) bond motifs is 1. The molecular formula is C19H25N7. The maximum absolute atomic E-state index is 5.99. The van der Waals surface area contributed by atoms with Gasteiger partial charge in [-0.05, 0) is 43.4 Å². The van der Waals surface area contributed by atoms with E-state index in [1.54, 1.807) is 6.20 Å². The van der Waals surface area contributed by atoms with Crippen LogP contribution in [0.5, 0.6) is 0 Å². The molecule has 0 aromatic carbocycles. The highest BCUT2D eigenvalue weighted by Gasteiger charge is 2.22. The lowest BCUT2D eigenvalue weighted by Gasteiger charge is -2.12. The van der Waals surface area contributed by atoms with Crippen LogP contribution in [0, 0.1) is 0 Å². The van der Waals surface area contributed by atoms with Crippen LogP contribution >= 0.6 is 0 Å². The molecule has 7 nitrogen and oxygen atoms in total. The van der Waals surface area contributed by atoms with Gasteiger partial charge in [-0.25, -0.2) is 15.0 Å². The predicted octanol–water partition coefficient (Wildman–Crippen LogP) is 2.84. The molecule has 0 bridgehead atoms. The Kier molecular flexibility index (Phi) is 4.32. The van der Waals surface area contributed by atoms with Crippen LogP contribution < -0.4 is 11.1 Å². The lowest BCUT2D eigenvalue weighted by atomic mass is 10.1. The molecule has 26 heavy (non-hydrogen) atoms. The van der Waals surface area contributed by atoms with Crippen LogP contribution in [-0.4, -0.2) is 36.8 Å². The smallest absolute Gasteiger partial charge is 0.223 e. The van der Waals surface area contributed by atoms with Crippen LogP contribution in [0.1, 0.15) is 44.7 Å². The lowest BCUT2D eigenvalue weighted by molar-refractivity contribution is 0.676. The quantitative estimate of drug-likeness (QED) is 0.750. The number of nitrogens with zero attached hydrogens (tertiary/aromatic N) is 5. The van der Waals surface area contributed by atoms with Crippen molar-refractivity contribution < 1.29 is 0 Å². The highest BCUT2D eigenvalue weighted by Crippen LogP contribution is 2.26. The SMILES string of the molecule is CC(C)c1c2nc(-c3ccnc(N[C@H]4CC[C@H](N)C4)n3)ccc2nn1C. The molecule has 3 N–H and O–H groups in total. The summed E-state index contributed by atoms with van der Waals surface area (Å²) in [6.07, 6.45) is 4.85. The van der Waals surface area contributed by atoms with Gasteiger partial charge in [0.05, 0.1) is 17.1 Å². The van der Waals surface area contributed by atoms with Crippen LogP contribution in [0.3, 0.4) is 0 Å². The van der Waals surface area contributed by atoms with E-state index in [0.29, 0.717) is 17.9 Å². The van der Waals surface area contributed by atoms with E-state index in [1.807, 2.05) is 29.9 Å². The van der Waals surface area contributed by atoms with Crippen molar-refractivity contribution >= 4 is 17.0 Å². The van der Waals surface area contributed by atoms with Crippen molar-refractivity contribution in [2.24, 2.45) is 12.8 Å². The van der Waals surface area contributed by atoms with E-state index in [2.05, 4.69) is 34.2 Å². The van der Waals surface area contributed by atoms with Crippen molar-refractivity contribution in [2.45, 2.75) is 51.1 Å². The number of aryl methyl sites for hydroxylation is 1. The average Bonchev–Trinajstić information content (AvgIpc) is 3.16. The summed E-state index contributed by atoms with van der Waals surface area (Å²) < 4.78 is 1.92. The van der Waals surface area contributed by atoms with E-state index >= 15 is 0 Å². The highest BCUT2D eigenvalue weighted by atomic mass is 15.3. The van der Waals surface area contributed by atoms with Crippen molar-refractivity contribution in [1.82, 2.24) is 24.7 Å². The second-order valence-corrected chi connectivity index (χ2v) is 7.41. The Morgan fingerprint density at radius 1 is 1.15 bits per heavy atom. The van der Waals surface area contributed by atoms with Gasteiger partial charge in [-0.15, -0.1) is 0 Å². The molecular weight excluding hydrogens is 326 g/mol. The van der Waals surface area contributed by atoms with E-state index in [4.69, 9.17) is 10.7 Å². The summed E-state index contributed by atoms with van der Waals surface area (Å²) in [6.45, 7) is 4.31. The van der Waals surface area contributed by atoms with Gasteiger partial charge in [-0.3, -0.25) is 4.68 Å². The van der Waals surface area contributed by atoms with Gasteiger partial charge in [0.2, 0.25) is 5.95 Å². The zero-order valence-corrected chi connectivity index (χ0v) is 15.5. The van der Waals surface area contributed by atoms with Gasteiger partial charge in [-0.1, -0.05) is 13.8 Å². The minimum absolute atomic E-state index is 0.278. The van der Waals surface area contributed by atoms with Crippen molar-refractivity contribution in [3.63, 3.8) is 0 Å². The van der Waals surface area contributed by atoms with Crippen LogP contribution in [0.2, 0.25) is 0 Å². The average molecular weight is 351 g/mol. The number of aromatic nitrogens is 5. The van der Waals surface area contributed by atoms with Crippen LogP contribution in [0.25, 0.3) is 22.4 Å². The molecule has 0 aliphatic heterocycles. The largest absolute Gasteiger partial charge is 0.351 e. The zero-order chi connectivity index (χ0) is 18.3. The number of nitrogens with one attached hydrogen (secondary N) is 1. The minimum atomic E-state index is 0.278. The molecule has 136 valence electrons. The third-order valence-corrected chi connectivity index (χ3v) is 4.99. The Labute approximate surface area is 153 Å². The molecule has 0 unspecified atom stereocenters. The Bertz CT molecular complexity index is 931. The molecule has 0 radical (unpaired) electrons. The molecule has 2 atom stereocenters. The molecule has 4 rings (SSSR count). The molecule has 1 saturated carbocycles. The van der Waals surface area contributed by atoms with Gasteiger partial charge in [0, 0.05) is 25.3 Å². The summed E-state index contributed by atoms with van der Waals surface area (Å²) in [4.78, 5) is 13.9. The fourth-order valence-corrected chi connectivity index (χ4v) is 3.78. The first-order chi connectivity index (χ1) is 12.5. The Hall–Kier alpha value is -2.54. The summed E-state index contributed by atoms with van der Waals surface area (Å²) >= 11 is 0. The summed E-state index contributed by atoms with van der Waals surface area (Å²) in [6, 6.07) is 6.50. The molecule has 3 aromatic rings. The van der Waals surface area contributed by atoms with Crippen molar-refractivity contribution in [1.29, 1.82) is 0 Å². The van der Waals surface area contributed by atoms with E-state index < -0.39 is 0 Å². The van der Waals surface area contributed by atoms with E-state index in [0.717, 1.165) is 47.4 Å². The van der Waals surface area contributed by atoms with E-state index in [9.17, 15) is 0 Å². The molecule has 1 aliphatic carbocycles. The molecule has 1 fully saturated rings. The summed E-state index contributed by atoms with van der Waals surface area (Å²) in [5.41, 5.74) is 10.6. The normalized spacial score (nSPS) is 20.2. The van der Waals surface area contributed by atoms with Crippen molar-refractivity contribution in [2.75, 3.05) is 5.32 Å². The van der Waals surface area contributed by atoms with Crippen LogP contribution in [0.4, 0.5) is 5.95 Å². The van der Waals surface area contributed by atoms with Crippen molar-refractivity contribution in [3.8, 4) is 11.4 Å². The third-order valence-electron chi connectivity index (χ3n) is 4.99. The molecule has 0 amide bonds. The molecule has 0 spiro atoms. The minimum Gasteiger partial charge on any atom is -0.351 e. The first kappa shape index (κ1) is 16.9. The fourth-order valence-electron chi connectivity index (χ4n) is 3.78. The number of anilines is 1. The maximum atomic E-state index is 5.99. The van der Waals surface area contributed by atoms with Gasteiger partial charge in [0.15, 0.2) is 0 Å². The fraction of sp³-hybridized carbons (Fsp3) is 0.474. The molecule has 3 heterocycles. The zero-order valence-electron chi connectivity index (χ0n) is 15.5.